The molecule has 2 heterocycles. The number of amides is 2. The standard InChI is InChI=1S/C22H30FN5O3/c1-22(2,3)21-25-18(26-31-21)15-27-8-5-9-28(11-10-27)20(30)14-24-19(29)13-16-6-4-7-17(23)12-16/h4,6-7,12H,5,8-11,13-15H2,1-3H3,(H,24,29). The smallest absolute Gasteiger partial charge is 0.242 e. The molecule has 0 radical (unpaired) electrons. The van der Waals surface area contributed by atoms with E-state index < -0.39 is 0 Å². The van der Waals surface area contributed by atoms with E-state index in [-0.39, 0.29) is 36.0 Å². The van der Waals surface area contributed by atoms with Crippen molar-refractivity contribution in [3.63, 3.8) is 0 Å². The number of nitrogens with one attached hydrogen (secondary N) is 1. The molecule has 3 rings (SSSR count). The van der Waals surface area contributed by atoms with Crippen LogP contribution < -0.4 is 5.32 Å². The molecule has 2 amide bonds. The average molecular weight is 432 g/mol. The molecule has 2 aromatic rings. The highest BCUT2D eigenvalue weighted by Gasteiger charge is 2.24. The summed E-state index contributed by atoms with van der Waals surface area (Å²) in [5.41, 5.74) is 0.387. The third-order valence-corrected chi connectivity index (χ3v) is 5.11. The van der Waals surface area contributed by atoms with Gasteiger partial charge in [0.15, 0.2) is 5.82 Å². The normalized spacial score (nSPS) is 15.5. The predicted octanol–water partition coefficient (Wildman–Crippen LogP) is 1.90. The van der Waals surface area contributed by atoms with Crippen molar-refractivity contribution in [3.8, 4) is 0 Å². The molecule has 0 saturated carbocycles. The van der Waals surface area contributed by atoms with Gasteiger partial charge < -0.3 is 14.7 Å². The van der Waals surface area contributed by atoms with Gasteiger partial charge in [-0.05, 0) is 24.1 Å². The molecule has 0 unspecified atom stereocenters. The van der Waals surface area contributed by atoms with Crippen LogP contribution in [0.1, 0.15) is 44.5 Å². The van der Waals surface area contributed by atoms with Crippen molar-refractivity contribution in [2.24, 2.45) is 0 Å². The Hall–Kier alpha value is -2.81. The van der Waals surface area contributed by atoms with Crippen molar-refractivity contribution in [3.05, 3.63) is 47.4 Å². The van der Waals surface area contributed by atoms with E-state index in [4.69, 9.17) is 4.52 Å². The van der Waals surface area contributed by atoms with Crippen molar-refractivity contribution in [1.29, 1.82) is 0 Å². The van der Waals surface area contributed by atoms with Crippen LogP contribution in [0.4, 0.5) is 4.39 Å². The third kappa shape index (κ3) is 6.85. The maximum absolute atomic E-state index is 13.2. The SMILES string of the molecule is CC(C)(C)c1nc(CN2CCCN(C(=O)CNC(=O)Cc3cccc(F)c3)CC2)no1. The summed E-state index contributed by atoms with van der Waals surface area (Å²) < 4.78 is 18.6. The molecule has 1 N–H and O–H groups in total. The van der Waals surface area contributed by atoms with Gasteiger partial charge in [0.25, 0.3) is 0 Å². The minimum absolute atomic E-state index is 0.0417. The lowest BCUT2D eigenvalue weighted by Crippen LogP contribution is -2.42. The van der Waals surface area contributed by atoms with E-state index in [0.717, 1.165) is 13.0 Å². The first-order valence-electron chi connectivity index (χ1n) is 10.5. The predicted molar refractivity (Wildman–Crippen MR) is 113 cm³/mol. The highest BCUT2D eigenvalue weighted by Crippen LogP contribution is 2.20. The van der Waals surface area contributed by atoms with Gasteiger partial charge in [0, 0.05) is 31.6 Å². The Morgan fingerprint density at radius 2 is 2.00 bits per heavy atom. The van der Waals surface area contributed by atoms with Gasteiger partial charge in [-0.15, -0.1) is 0 Å². The van der Waals surface area contributed by atoms with Gasteiger partial charge in [-0.3, -0.25) is 14.5 Å². The molecule has 1 aromatic heterocycles. The van der Waals surface area contributed by atoms with Gasteiger partial charge >= 0.3 is 0 Å². The lowest BCUT2D eigenvalue weighted by Gasteiger charge is -2.21. The molecular formula is C22H30FN5O3. The number of carbonyl (C=O) groups excluding carboxylic acids is 2. The topological polar surface area (TPSA) is 91.6 Å². The lowest BCUT2D eigenvalue weighted by atomic mass is 9.97. The Labute approximate surface area is 181 Å². The molecule has 0 atom stereocenters. The van der Waals surface area contributed by atoms with Gasteiger partial charge in [0.1, 0.15) is 5.82 Å². The second-order valence-corrected chi connectivity index (χ2v) is 8.86. The molecule has 1 fully saturated rings. The van der Waals surface area contributed by atoms with Gasteiger partial charge in [-0.25, -0.2) is 4.39 Å². The molecule has 0 bridgehead atoms. The number of rotatable bonds is 6. The number of hydrogen-bond donors (Lipinski definition) is 1. The van der Waals surface area contributed by atoms with Gasteiger partial charge in [-0.1, -0.05) is 38.1 Å². The number of aromatic nitrogens is 2. The second kappa shape index (κ2) is 10.00. The van der Waals surface area contributed by atoms with Crippen LogP contribution in [-0.2, 0) is 28.0 Å². The fourth-order valence-electron chi connectivity index (χ4n) is 3.38. The Balaban J connectivity index is 1.43. The molecule has 0 spiro atoms. The van der Waals surface area contributed by atoms with Gasteiger partial charge in [-0.2, -0.15) is 4.98 Å². The number of carbonyl (C=O) groups is 2. The van der Waals surface area contributed by atoms with Crippen molar-refractivity contribution >= 4 is 11.8 Å². The summed E-state index contributed by atoms with van der Waals surface area (Å²) in [6, 6.07) is 5.89. The molecule has 0 aliphatic carbocycles. The minimum atomic E-state index is -0.383. The summed E-state index contributed by atoms with van der Waals surface area (Å²) in [4.78, 5) is 33.0. The Morgan fingerprint density at radius 3 is 2.71 bits per heavy atom. The van der Waals surface area contributed by atoms with E-state index in [1.807, 2.05) is 20.8 Å². The highest BCUT2D eigenvalue weighted by molar-refractivity contribution is 5.85. The van der Waals surface area contributed by atoms with Crippen molar-refractivity contribution in [1.82, 2.24) is 25.3 Å². The average Bonchev–Trinajstić information content (AvgIpc) is 3.05. The fraction of sp³-hybridized carbons (Fsp3) is 0.545. The highest BCUT2D eigenvalue weighted by atomic mass is 19.1. The minimum Gasteiger partial charge on any atom is -0.347 e. The van der Waals surface area contributed by atoms with Crippen LogP contribution in [0.3, 0.4) is 0 Å². The quantitative estimate of drug-likeness (QED) is 0.751. The molecule has 9 heteroatoms. The van der Waals surface area contributed by atoms with Crippen molar-refractivity contribution < 1.29 is 18.5 Å². The number of nitrogens with zero attached hydrogens (tertiary/aromatic N) is 4. The van der Waals surface area contributed by atoms with E-state index in [2.05, 4.69) is 20.4 Å². The second-order valence-electron chi connectivity index (χ2n) is 8.86. The maximum Gasteiger partial charge on any atom is 0.242 e. The summed E-state index contributed by atoms with van der Waals surface area (Å²) in [5.74, 6) is 0.453. The van der Waals surface area contributed by atoms with Gasteiger partial charge in [0.05, 0.1) is 19.5 Å². The first-order valence-corrected chi connectivity index (χ1v) is 10.5. The molecular weight excluding hydrogens is 401 g/mol. The Kier molecular flexibility index (Phi) is 7.37. The largest absolute Gasteiger partial charge is 0.347 e. The number of hydrogen-bond acceptors (Lipinski definition) is 6. The molecule has 8 nitrogen and oxygen atoms in total. The molecule has 168 valence electrons. The summed E-state index contributed by atoms with van der Waals surface area (Å²) in [5, 5.41) is 6.71. The monoisotopic (exact) mass is 431 g/mol. The van der Waals surface area contributed by atoms with Crippen molar-refractivity contribution in [2.45, 2.75) is 45.6 Å². The summed E-state index contributed by atoms with van der Waals surface area (Å²) in [7, 11) is 0. The third-order valence-electron chi connectivity index (χ3n) is 5.11. The Morgan fingerprint density at radius 1 is 1.19 bits per heavy atom. The van der Waals surface area contributed by atoms with Crippen LogP contribution in [0.15, 0.2) is 28.8 Å². The molecule has 1 aromatic carbocycles. The van der Waals surface area contributed by atoms with Crippen LogP contribution in [-0.4, -0.2) is 64.5 Å². The summed E-state index contributed by atoms with van der Waals surface area (Å²) >= 11 is 0. The van der Waals surface area contributed by atoms with Crippen LogP contribution in [0.2, 0.25) is 0 Å². The zero-order chi connectivity index (χ0) is 22.4. The maximum atomic E-state index is 13.2. The zero-order valence-electron chi connectivity index (χ0n) is 18.4. The molecule has 1 saturated heterocycles. The lowest BCUT2D eigenvalue weighted by molar-refractivity contribution is -0.132. The van der Waals surface area contributed by atoms with E-state index in [1.165, 1.54) is 12.1 Å². The number of halogens is 1. The molecule has 31 heavy (non-hydrogen) atoms. The first-order chi connectivity index (χ1) is 14.7. The summed E-state index contributed by atoms with van der Waals surface area (Å²) in [6.07, 6.45) is 0.868. The van der Waals surface area contributed by atoms with Crippen LogP contribution in [0, 0.1) is 5.82 Å². The Bertz CT molecular complexity index is 909. The van der Waals surface area contributed by atoms with E-state index in [0.29, 0.717) is 43.5 Å². The van der Waals surface area contributed by atoms with Crippen molar-refractivity contribution in [2.75, 3.05) is 32.7 Å². The van der Waals surface area contributed by atoms with E-state index >= 15 is 0 Å². The van der Waals surface area contributed by atoms with Crippen LogP contribution in [0.25, 0.3) is 0 Å². The van der Waals surface area contributed by atoms with E-state index in [9.17, 15) is 14.0 Å². The van der Waals surface area contributed by atoms with Crippen LogP contribution >= 0.6 is 0 Å². The zero-order valence-corrected chi connectivity index (χ0v) is 18.4. The van der Waals surface area contributed by atoms with Crippen LogP contribution in [0.5, 0.6) is 0 Å². The fourth-order valence-corrected chi connectivity index (χ4v) is 3.38. The molecule has 1 aliphatic rings. The van der Waals surface area contributed by atoms with E-state index in [1.54, 1.807) is 17.0 Å². The number of benzene rings is 1. The first kappa shape index (κ1) is 22.9. The summed E-state index contributed by atoms with van der Waals surface area (Å²) in [6.45, 7) is 9.32. The van der Waals surface area contributed by atoms with Gasteiger partial charge in [0.2, 0.25) is 17.7 Å². The molecule has 1 aliphatic heterocycles.